The lowest BCUT2D eigenvalue weighted by molar-refractivity contribution is -0.142. The van der Waals surface area contributed by atoms with E-state index in [1.165, 1.54) is 19.4 Å². The summed E-state index contributed by atoms with van der Waals surface area (Å²) in [6.45, 7) is 6.29. The van der Waals surface area contributed by atoms with Crippen molar-refractivity contribution in [2.75, 3.05) is 45.2 Å². The Bertz CT molecular complexity index is 1110. The second-order valence-corrected chi connectivity index (χ2v) is 10.6. The predicted molar refractivity (Wildman–Crippen MR) is 146 cm³/mol. The number of hydrogen-bond acceptors (Lipinski definition) is 6. The first-order chi connectivity index (χ1) is 18.6. The Morgan fingerprint density at radius 3 is 2.59 bits per heavy atom. The van der Waals surface area contributed by atoms with E-state index >= 15 is 0 Å². The van der Waals surface area contributed by atoms with E-state index in [9.17, 15) is 23.5 Å². The average Bonchev–Trinajstić information content (AvgIpc) is 2.90. The largest absolute Gasteiger partial charge is 0.480 e. The minimum absolute atomic E-state index is 0.132. The lowest BCUT2D eigenvalue weighted by Gasteiger charge is -2.28. The van der Waals surface area contributed by atoms with Gasteiger partial charge in [0.2, 0.25) is 5.91 Å². The van der Waals surface area contributed by atoms with Crippen molar-refractivity contribution in [3.63, 3.8) is 0 Å². The highest BCUT2D eigenvalue weighted by molar-refractivity contribution is 5.90. The predicted octanol–water partition coefficient (Wildman–Crippen LogP) is 3.93. The molecule has 0 saturated carbocycles. The number of unbranched alkanes of at least 4 members (excludes halogenated alkanes) is 1. The van der Waals surface area contributed by atoms with Gasteiger partial charge in [-0.1, -0.05) is 6.07 Å². The van der Waals surface area contributed by atoms with E-state index in [0.29, 0.717) is 19.7 Å². The van der Waals surface area contributed by atoms with Crippen LogP contribution in [0.1, 0.15) is 56.4 Å². The molecule has 39 heavy (non-hydrogen) atoms. The van der Waals surface area contributed by atoms with Crippen LogP contribution in [-0.4, -0.2) is 72.8 Å². The molecular formula is C29H40F2N4O4. The van der Waals surface area contributed by atoms with Crippen molar-refractivity contribution < 1.29 is 28.2 Å². The number of aromatic nitrogens is 1. The Hall–Kier alpha value is -3.11. The summed E-state index contributed by atoms with van der Waals surface area (Å²) in [7, 11) is 1.62. The fourth-order valence-corrected chi connectivity index (χ4v) is 4.66. The molecule has 0 bridgehead atoms. The summed E-state index contributed by atoms with van der Waals surface area (Å²) in [6, 6.07) is 6.00. The molecule has 1 atom stereocenters. The first-order valence-corrected chi connectivity index (χ1v) is 13.5. The molecular weight excluding hydrogens is 506 g/mol. The zero-order chi connectivity index (χ0) is 28.4. The van der Waals surface area contributed by atoms with Crippen molar-refractivity contribution in [3.05, 3.63) is 58.8 Å². The summed E-state index contributed by atoms with van der Waals surface area (Å²) < 4.78 is 32.7. The van der Waals surface area contributed by atoms with E-state index in [0.717, 1.165) is 74.9 Å². The number of nitrogens with zero attached hydrogens (tertiary/aromatic N) is 2. The quantitative estimate of drug-likeness (QED) is 0.291. The van der Waals surface area contributed by atoms with Gasteiger partial charge in [-0.2, -0.15) is 0 Å². The fraction of sp³-hybridized carbons (Fsp3) is 0.552. The van der Waals surface area contributed by atoms with Gasteiger partial charge in [-0.3, -0.25) is 4.79 Å². The van der Waals surface area contributed by atoms with Crippen LogP contribution < -0.4 is 10.6 Å². The molecule has 1 aromatic carbocycles. The molecule has 0 unspecified atom stereocenters. The number of halogens is 2. The number of rotatable bonds is 15. The third kappa shape index (κ3) is 8.96. The third-order valence-electron chi connectivity index (χ3n) is 7.21. The summed E-state index contributed by atoms with van der Waals surface area (Å²) in [5.74, 6) is -2.38. The van der Waals surface area contributed by atoms with Gasteiger partial charge in [0, 0.05) is 38.5 Å². The molecule has 2 heterocycles. The second-order valence-electron chi connectivity index (χ2n) is 10.6. The van der Waals surface area contributed by atoms with Crippen molar-refractivity contribution in [1.29, 1.82) is 0 Å². The number of amides is 1. The number of anilines is 1. The number of methoxy groups -OCH3 is 1. The number of aliphatic carboxylic acids is 1. The molecule has 1 aromatic heterocycles. The molecule has 1 aliphatic rings. The van der Waals surface area contributed by atoms with E-state index in [-0.39, 0.29) is 12.0 Å². The van der Waals surface area contributed by atoms with Gasteiger partial charge in [-0.15, -0.1) is 0 Å². The number of carboxylic acid groups (broad SMARTS) is 1. The number of carbonyl (C=O) groups is 2. The van der Waals surface area contributed by atoms with Crippen molar-refractivity contribution in [3.8, 4) is 0 Å². The molecule has 8 nitrogen and oxygen atoms in total. The number of carboxylic acids is 1. The van der Waals surface area contributed by atoms with Crippen molar-refractivity contribution in [1.82, 2.24) is 15.2 Å². The number of fused-ring (bicyclic) bond motifs is 1. The molecule has 2 aromatic rings. The summed E-state index contributed by atoms with van der Waals surface area (Å²) in [4.78, 5) is 31.8. The van der Waals surface area contributed by atoms with Gasteiger partial charge in [0.25, 0.3) is 0 Å². The van der Waals surface area contributed by atoms with Gasteiger partial charge < -0.3 is 25.4 Å². The molecule has 3 N–H and O–H groups in total. The zero-order valence-electron chi connectivity index (χ0n) is 23.1. The van der Waals surface area contributed by atoms with Crippen LogP contribution in [0.3, 0.4) is 0 Å². The number of benzene rings is 1. The Morgan fingerprint density at radius 1 is 1.15 bits per heavy atom. The molecule has 0 aliphatic carbocycles. The van der Waals surface area contributed by atoms with Crippen LogP contribution in [0, 0.1) is 11.6 Å². The van der Waals surface area contributed by atoms with Gasteiger partial charge in [0.1, 0.15) is 23.5 Å². The number of carbonyl (C=O) groups excluding carboxylic acids is 1. The Morgan fingerprint density at radius 2 is 1.90 bits per heavy atom. The van der Waals surface area contributed by atoms with Crippen LogP contribution >= 0.6 is 0 Å². The molecule has 0 saturated heterocycles. The van der Waals surface area contributed by atoms with Crippen LogP contribution in [-0.2, 0) is 32.6 Å². The van der Waals surface area contributed by atoms with Crippen LogP contribution in [0.4, 0.5) is 14.6 Å². The number of ether oxygens (including phenoxy) is 1. The molecule has 10 heteroatoms. The minimum Gasteiger partial charge on any atom is -0.480 e. The lowest BCUT2D eigenvalue weighted by Crippen LogP contribution is -2.49. The number of pyridine rings is 1. The zero-order valence-corrected chi connectivity index (χ0v) is 23.1. The maximum Gasteiger partial charge on any atom is 0.326 e. The SMILES string of the molecule is COCCN(CCCCc1ccc2c(n1)NCCC2)CC[C@H](NC(=O)C(C)(C)c1cc(F)cc(F)c1)C(=O)O. The van der Waals surface area contributed by atoms with Crippen molar-refractivity contribution in [2.45, 2.75) is 63.8 Å². The van der Waals surface area contributed by atoms with Gasteiger partial charge in [-0.25, -0.2) is 18.6 Å². The monoisotopic (exact) mass is 546 g/mol. The van der Waals surface area contributed by atoms with Crippen LogP contribution in [0.5, 0.6) is 0 Å². The van der Waals surface area contributed by atoms with Gasteiger partial charge in [0.15, 0.2) is 0 Å². The first kappa shape index (κ1) is 30.4. The topological polar surface area (TPSA) is 104 Å². The molecule has 1 aliphatic heterocycles. The molecule has 214 valence electrons. The highest BCUT2D eigenvalue weighted by Gasteiger charge is 2.34. The Labute approximate surface area is 229 Å². The number of nitrogens with one attached hydrogen (secondary N) is 2. The molecule has 1 amide bonds. The normalized spacial score (nSPS) is 14.0. The molecule has 0 fully saturated rings. The van der Waals surface area contributed by atoms with Crippen LogP contribution in [0.2, 0.25) is 0 Å². The maximum absolute atomic E-state index is 13.7. The van der Waals surface area contributed by atoms with Crippen molar-refractivity contribution in [2.24, 2.45) is 0 Å². The van der Waals surface area contributed by atoms with E-state index in [2.05, 4.69) is 27.7 Å². The highest BCUT2D eigenvalue weighted by atomic mass is 19.1. The Kier molecular flexibility index (Phi) is 11.2. The second kappa shape index (κ2) is 14.3. The maximum atomic E-state index is 13.7. The van der Waals surface area contributed by atoms with E-state index < -0.39 is 35.0 Å². The molecule has 3 rings (SSSR count). The minimum atomic E-state index is -1.33. The van der Waals surface area contributed by atoms with Gasteiger partial charge >= 0.3 is 5.97 Å². The highest BCUT2D eigenvalue weighted by Crippen LogP contribution is 2.26. The standard InChI is InChI=1S/C29H40F2N4O4/c1-29(2,21-17-22(30)19-23(31)18-21)28(38)34-25(27(36)37)11-14-35(15-16-39-3)13-5-4-8-24-10-9-20-7-6-12-32-26(20)33-24/h9-10,17-19,25H,4-8,11-16H2,1-3H3,(H,32,33)(H,34,38)(H,36,37)/t25-/m0/s1. The number of aryl methyl sites for hydroxylation is 2. The fourth-order valence-electron chi connectivity index (χ4n) is 4.66. The lowest BCUT2D eigenvalue weighted by atomic mass is 9.83. The van der Waals surface area contributed by atoms with E-state index in [1.807, 2.05) is 0 Å². The summed E-state index contributed by atoms with van der Waals surface area (Å²) in [5, 5.41) is 15.7. The molecule has 0 spiro atoms. The van der Waals surface area contributed by atoms with Gasteiger partial charge in [0.05, 0.1) is 12.0 Å². The van der Waals surface area contributed by atoms with E-state index in [4.69, 9.17) is 9.72 Å². The van der Waals surface area contributed by atoms with E-state index in [1.54, 1.807) is 7.11 Å². The number of hydrogen-bond donors (Lipinski definition) is 3. The first-order valence-electron chi connectivity index (χ1n) is 13.5. The van der Waals surface area contributed by atoms with Gasteiger partial charge in [-0.05, 0) is 88.2 Å². The Balaban J connectivity index is 1.53. The summed E-state index contributed by atoms with van der Waals surface area (Å²) >= 11 is 0. The van der Waals surface area contributed by atoms with Crippen molar-refractivity contribution >= 4 is 17.7 Å². The molecule has 0 radical (unpaired) electrons. The van der Waals surface area contributed by atoms with Crippen LogP contribution in [0.15, 0.2) is 30.3 Å². The third-order valence-corrected chi connectivity index (χ3v) is 7.21. The van der Waals surface area contributed by atoms with Crippen LogP contribution in [0.25, 0.3) is 0 Å². The average molecular weight is 547 g/mol. The summed E-state index contributed by atoms with van der Waals surface area (Å²) in [6.07, 6.45) is 5.06. The smallest absolute Gasteiger partial charge is 0.326 e. The summed E-state index contributed by atoms with van der Waals surface area (Å²) in [5.41, 5.74) is 1.13.